The van der Waals surface area contributed by atoms with Crippen molar-refractivity contribution in [2.75, 3.05) is 0 Å². The van der Waals surface area contributed by atoms with Gasteiger partial charge in [-0.05, 0) is 29.8 Å². The molecule has 2 rings (SSSR count). The number of rotatable bonds is 2. The molecule has 0 unspecified atom stereocenters. The van der Waals surface area contributed by atoms with Crippen LogP contribution in [-0.4, -0.2) is 16.1 Å². The molecule has 106 valence electrons. The fourth-order valence-corrected chi connectivity index (χ4v) is 1.31. The van der Waals surface area contributed by atoms with E-state index in [0.29, 0.717) is 0 Å². The molecule has 1 amide bonds. The van der Waals surface area contributed by atoms with Gasteiger partial charge in [-0.25, -0.2) is 4.39 Å². The highest BCUT2D eigenvalue weighted by atomic mass is 19.2. The topological polar surface area (TPSA) is 83.6 Å². The van der Waals surface area contributed by atoms with Gasteiger partial charge in [0.05, 0.1) is 6.42 Å². The molecule has 0 radical (unpaired) electrons. The average molecular weight is 281 g/mol. The molecule has 2 aromatic carbocycles. The van der Waals surface area contributed by atoms with Gasteiger partial charge >= 0.3 is 0 Å². The summed E-state index contributed by atoms with van der Waals surface area (Å²) in [5, 5.41) is 17.4. The van der Waals surface area contributed by atoms with Crippen LogP contribution in [0.3, 0.4) is 0 Å². The summed E-state index contributed by atoms with van der Waals surface area (Å²) in [5.74, 6) is -3.06. The maximum atomic E-state index is 12.1. The highest BCUT2D eigenvalue weighted by Gasteiger charge is 2.03. The number of primary amides is 1. The van der Waals surface area contributed by atoms with Crippen molar-refractivity contribution in [1.29, 1.82) is 0 Å². The van der Waals surface area contributed by atoms with E-state index in [-0.39, 0.29) is 18.1 Å². The van der Waals surface area contributed by atoms with E-state index < -0.39 is 17.4 Å². The fraction of sp³-hybridized carbons (Fsp3) is 0.0714. The lowest BCUT2D eigenvalue weighted by Gasteiger charge is -1.96. The smallest absolute Gasteiger partial charge is 0.221 e. The molecule has 0 aliphatic carbocycles. The first-order chi connectivity index (χ1) is 9.40. The second-order valence-corrected chi connectivity index (χ2v) is 3.88. The van der Waals surface area contributed by atoms with Crippen molar-refractivity contribution in [2.24, 2.45) is 5.73 Å². The van der Waals surface area contributed by atoms with Crippen LogP contribution in [0, 0.1) is 11.6 Å². The highest BCUT2D eigenvalue weighted by molar-refractivity contribution is 5.76. The van der Waals surface area contributed by atoms with Gasteiger partial charge in [0, 0.05) is 0 Å². The molecule has 0 atom stereocenters. The van der Waals surface area contributed by atoms with Crippen LogP contribution in [0.2, 0.25) is 0 Å². The molecule has 0 fully saturated rings. The lowest BCUT2D eigenvalue weighted by Crippen LogP contribution is -2.13. The van der Waals surface area contributed by atoms with Crippen molar-refractivity contribution in [3.63, 3.8) is 0 Å². The van der Waals surface area contributed by atoms with E-state index in [2.05, 4.69) is 0 Å². The Morgan fingerprint density at radius 2 is 1.65 bits per heavy atom. The van der Waals surface area contributed by atoms with Crippen molar-refractivity contribution in [3.05, 3.63) is 59.7 Å². The number of amides is 1. The van der Waals surface area contributed by atoms with Crippen LogP contribution in [0.4, 0.5) is 8.78 Å². The molecule has 4 nitrogen and oxygen atoms in total. The van der Waals surface area contributed by atoms with Crippen molar-refractivity contribution >= 4 is 5.91 Å². The molecule has 2 aromatic rings. The number of nitrogens with two attached hydrogens (primary N) is 1. The Labute approximate surface area is 114 Å². The minimum absolute atomic E-state index is 0.193. The minimum atomic E-state index is -1.20. The summed E-state index contributed by atoms with van der Waals surface area (Å²) >= 11 is 0. The number of halogens is 2. The number of benzene rings is 2. The Kier molecular flexibility index (Phi) is 5.46. The minimum Gasteiger partial charge on any atom is -0.508 e. The fourth-order valence-electron chi connectivity index (χ4n) is 1.31. The van der Waals surface area contributed by atoms with Crippen molar-refractivity contribution in [1.82, 2.24) is 0 Å². The molecule has 6 heteroatoms. The van der Waals surface area contributed by atoms with E-state index in [1.165, 1.54) is 18.2 Å². The van der Waals surface area contributed by atoms with Gasteiger partial charge in [0.2, 0.25) is 5.91 Å². The molecule has 0 heterocycles. The number of phenolic OH excluding ortho intramolecular Hbond substituents is 2. The second kappa shape index (κ2) is 7.08. The van der Waals surface area contributed by atoms with E-state index in [1.54, 1.807) is 12.1 Å². The summed E-state index contributed by atoms with van der Waals surface area (Å²) in [6, 6.07) is 9.64. The van der Waals surface area contributed by atoms with Crippen LogP contribution in [0.15, 0.2) is 42.5 Å². The third-order valence-corrected chi connectivity index (χ3v) is 2.25. The Bertz CT molecular complexity index is 565. The second-order valence-electron chi connectivity index (χ2n) is 3.88. The van der Waals surface area contributed by atoms with Gasteiger partial charge in [-0.1, -0.05) is 18.2 Å². The molecule has 0 aliphatic heterocycles. The Balaban J connectivity index is 0.000000204. The zero-order valence-electron chi connectivity index (χ0n) is 10.4. The summed E-state index contributed by atoms with van der Waals surface area (Å²) in [6.45, 7) is 0. The molecule has 4 N–H and O–H groups in total. The first-order valence-corrected chi connectivity index (χ1v) is 5.59. The molecule has 0 aliphatic rings. The Morgan fingerprint density at radius 3 is 2.10 bits per heavy atom. The Morgan fingerprint density at radius 1 is 1.05 bits per heavy atom. The van der Waals surface area contributed by atoms with Gasteiger partial charge in [0.25, 0.3) is 0 Å². The zero-order chi connectivity index (χ0) is 15.1. The molecule has 20 heavy (non-hydrogen) atoms. The number of carbonyl (C=O) groups excluding carboxylic acids is 1. The maximum Gasteiger partial charge on any atom is 0.221 e. The molecule has 0 bridgehead atoms. The van der Waals surface area contributed by atoms with E-state index in [9.17, 15) is 13.6 Å². The number of aromatic hydroxyl groups is 2. The highest BCUT2D eigenvalue weighted by Crippen LogP contribution is 2.16. The van der Waals surface area contributed by atoms with Gasteiger partial charge < -0.3 is 15.9 Å². The lowest BCUT2D eigenvalue weighted by atomic mass is 10.1. The van der Waals surface area contributed by atoms with Crippen LogP contribution < -0.4 is 5.73 Å². The molecular formula is C14H13F2NO3. The standard InChI is InChI=1S/C8H9NO2.C6H4F2O/c9-8(11)5-6-1-3-7(10)4-2-6;7-4-2-1-3-5(9)6(4)8/h1-4,10H,5H2,(H2,9,11);1-3,9H. The van der Waals surface area contributed by atoms with Gasteiger partial charge in [-0.2, -0.15) is 4.39 Å². The van der Waals surface area contributed by atoms with E-state index in [4.69, 9.17) is 15.9 Å². The Hall–Kier alpha value is -2.63. The average Bonchev–Trinajstić information content (AvgIpc) is 2.39. The van der Waals surface area contributed by atoms with Gasteiger partial charge in [-0.15, -0.1) is 0 Å². The zero-order valence-corrected chi connectivity index (χ0v) is 10.4. The van der Waals surface area contributed by atoms with Crippen LogP contribution in [0.5, 0.6) is 11.5 Å². The first-order valence-electron chi connectivity index (χ1n) is 5.59. The van der Waals surface area contributed by atoms with Crippen molar-refractivity contribution in [3.8, 4) is 11.5 Å². The maximum absolute atomic E-state index is 12.1. The predicted octanol–water partition coefficient (Wildman–Crippen LogP) is 2.09. The number of carbonyl (C=O) groups is 1. The SMILES string of the molecule is NC(=O)Cc1ccc(O)cc1.Oc1cccc(F)c1F. The summed E-state index contributed by atoms with van der Waals surface area (Å²) in [6.07, 6.45) is 0.222. The third-order valence-electron chi connectivity index (χ3n) is 2.25. The summed E-state index contributed by atoms with van der Waals surface area (Å²) < 4.78 is 24.2. The lowest BCUT2D eigenvalue weighted by molar-refractivity contribution is -0.117. The molecule has 0 saturated heterocycles. The van der Waals surface area contributed by atoms with E-state index >= 15 is 0 Å². The van der Waals surface area contributed by atoms with E-state index in [1.807, 2.05) is 0 Å². The van der Waals surface area contributed by atoms with Crippen LogP contribution in [0.25, 0.3) is 0 Å². The number of hydrogen-bond acceptors (Lipinski definition) is 3. The van der Waals surface area contributed by atoms with Crippen LogP contribution in [-0.2, 0) is 11.2 Å². The normalized spacial score (nSPS) is 9.50. The summed E-state index contributed by atoms with van der Waals surface area (Å²) in [4.78, 5) is 10.4. The van der Waals surface area contributed by atoms with Crippen molar-refractivity contribution in [2.45, 2.75) is 6.42 Å². The molecule has 0 spiro atoms. The number of phenols is 2. The largest absolute Gasteiger partial charge is 0.508 e. The van der Waals surface area contributed by atoms with Crippen LogP contribution >= 0.6 is 0 Å². The third kappa shape index (κ3) is 4.93. The van der Waals surface area contributed by atoms with E-state index in [0.717, 1.165) is 17.7 Å². The van der Waals surface area contributed by atoms with Gasteiger partial charge in [0.15, 0.2) is 17.4 Å². The van der Waals surface area contributed by atoms with Crippen molar-refractivity contribution < 1.29 is 23.8 Å². The van der Waals surface area contributed by atoms with Gasteiger partial charge in [-0.3, -0.25) is 4.79 Å². The van der Waals surface area contributed by atoms with Crippen LogP contribution in [0.1, 0.15) is 5.56 Å². The molecule has 0 saturated carbocycles. The molecule has 0 aromatic heterocycles. The predicted molar refractivity (Wildman–Crippen MR) is 69.0 cm³/mol. The molecular weight excluding hydrogens is 268 g/mol. The number of hydrogen-bond donors (Lipinski definition) is 3. The summed E-state index contributed by atoms with van der Waals surface area (Å²) in [7, 11) is 0. The monoisotopic (exact) mass is 281 g/mol. The van der Waals surface area contributed by atoms with Gasteiger partial charge in [0.1, 0.15) is 5.75 Å². The quantitative estimate of drug-likeness (QED) is 0.788. The summed E-state index contributed by atoms with van der Waals surface area (Å²) in [5.41, 5.74) is 5.78. The first kappa shape index (κ1) is 15.4.